The monoisotopic (exact) mass is 323 g/mol. The first-order valence-corrected chi connectivity index (χ1v) is 8.02. The fraction of sp³-hybridized carbons (Fsp3) is 0.278. The Labute approximate surface area is 138 Å². The molecule has 0 fully saturated rings. The number of carbonyl (C=O) groups is 1. The van der Waals surface area contributed by atoms with Gasteiger partial charge < -0.3 is 14.3 Å². The maximum Gasteiger partial charge on any atom is 0.258 e. The van der Waals surface area contributed by atoms with Gasteiger partial charge in [0.25, 0.3) is 11.5 Å². The Balaban J connectivity index is 1.69. The maximum absolute atomic E-state index is 12.9. The average Bonchev–Trinajstić information content (AvgIpc) is 3.04. The van der Waals surface area contributed by atoms with E-state index >= 15 is 0 Å². The molecule has 0 bridgehead atoms. The Hall–Kier alpha value is -2.89. The van der Waals surface area contributed by atoms with Crippen LogP contribution in [0.4, 0.5) is 0 Å². The predicted octanol–water partition coefficient (Wildman–Crippen LogP) is 2.28. The Bertz CT molecular complexity index is 987. The van der Waals surface area contributed by atoms with Gasteiger partial charge in [-0.05, 0) is 30.5 Å². The number of aromatic amines is 1. The zero-order valence-corrected chi connectivity index (χ0v) is 13.3. The molecule has 0 spiro atoms. The number of hydrogen-bond donors (Lipinski definition) is 1. The second kappa shape index (κ2) is 5.63. The van der Waals surface area contributed by atoms with Gasteiger partial charge in [0.05, 0.1) is 24.1 Å². The first-order chi connectivity index (χ1) is 11.7. The van der Waals surface area contributed by atoms with Gasteiger partial charge in [-0.2, -0.15) is 0 Å². The summed E-state index contributed by atoms with van der Waals surface area (Å²) in [6, 6.07) is 5.91. The molecule has 0 unspecified atom stereocenters. The number of H-pyrrole nitrogens is 1. The van der Waals surface area contributed by atoms with Crippen molar-refractivity contribution < 1.29 is 9.21 Å². The molecule has 24 heavy (non-hydrogen) atoms. The first kappa shape index (κ1) is 14.7. The van der Waals surface area contributed by atoms with E-state index in [1.54, 1.807) is 4.90 Å². The van der Waals surface area contributed by atoms with E-state index in [0.29, 0.717) is 41.9 Å². The number of carbonyl (C=O) groups excluding carboxylic acids is 1. The van der Waals surface area contributed by atoms with Gasteiger partial charge in [-0.1, -0.05) is 13.0 Å². The van der Waals surface area contributed by atoms with Crippen LogP contribution in [-0.2, 0) is 19.4 Å². The number of aryl methyl sites for hydroxylation is 1. The number of rotatable bonds is 2. The number of nitrogens with zero attached hydrogens (tertiary/aromatic N) is 2. The second-order valence-corrected chi connectivity index (χ2v) is 5.97. The fourth-order valence-corrected chi connectivity index (χ4v) is 3.17. The molecule has 6 heteroatoms. The molecule has 6 nitrogen and oxygen atoms in total. The topological polar surface area (TPSA) is 79.2 Å². The van der Waals surface area contributed by atoms with Crippen LogP contribution in [0.2, 0.25) is 0 Å². The van der Waals surface area contributed by atoms with Crippen molar-refractivity contribution in [2.45, 2.75) is 26.3 Å². The number of benzene rings is 1. The minimum absolute atomic E-state index is 0.0882. The number of furan rings is 1. The van der Waals surface area contributed by atoms with Crippen molar-refractivity contribution in [3.63, 3.8) is 0 Å². The molecule has 2 aromatic heterocycles. The normalized spacial score (nSPS) is 14.0. The first-order valence-electron chi connectivity index (χ1n) is 8.02. The molecule has 1 aliphatic rings. The highest BCUT2D eigenvalue weighted by Crippen LogP contribution is 2.25. The summed E-state index contributed by atoms with van der Waals surface area (Å²) in [5.41, 5.74) is 3.66. The van der Waals surface area contributed by atoms with E-state index in [4.69, 9.17) is 4.42 Å². The zero-order chi connectivity index (χ0) is 16.7. The number of fused-ring (bicyclic) bond motifs is 2. The SMILES string of the molecule is CCc1ccc2occ(C(=O)N3CCc4c(nc[nH]c4=O)C3)c2c1. The van der Waals surface area contributed by atoms with E-state index in [1.165, 1.54) is 12.6 Å². The summed E-state index contributed by atoms with van der Waals surface area (Å²) >= 11 is 0. The second-order valence-electron chi connectivity index (χ2n) is 5.97. The standard InChI is InChI=1S/C18H17N3O3/c1-2-11-3-4-16-13(7-11)14(9-24-16)18(23)21-6-5-12-15(8-21)19-10-20-17(12)22/h3-4,7,9-10H,2,5-6,8H2,1H3,(H,19,20,22). The molecule has 1 amide bonds. The molecule has 122 valence electrons. The highest BCUT2D eigenvalue weighted by atomic mass is 16.3. The summed E-state index contributed by atoms with van der Waals surface area (Å²) in [6.07, 6.45) is 4.32. The lowest BCUT2D eigenvalue weighted by molar-refractivity contribution is 0.0732. The number of hydrogen-bond acceptors (Lipinski definition) is 4. The van der Waals surface area contributed by atoms with Crippen LogP contribution < -0.4 is 5.56 Å². The van der Waals surface area contributed by atoms with E-state index < -0.39 is 0 Å². The molecule has 1 aromatic carbocycles. The van der Waals surface area contributed by atoms with Gasteiger partial charge in [0.1, 0.15) is 11.8 Å². The number of nitrogens with one attached hydrogen (secondary N) is 1. The Morgan fingerprint density at radius 2 is 2.29 bits per heavy atom. The van der Waals surface area contributed by atoms with Gasteiger partial charge >= 0.3 is 0 Å². The summed E-state index contributed by atoms with van der Waals surface area (Å²) in [6.45, 7) is 2.92. The van der Waals surface area contributed by atoms with Crippen molar-refractivity contribution in [2.24, 2.45) is 0 Å². The van der Waals surface area contributed by atoms with Gasteiger partial charge in [-0.15, -0.1) is 0 Å². The van der Waals surface area contributed by atoms with Gasteiger partial charge in [-0.25, -0.2) is 4.98 Å². The van der Waals surface area contributed by atoms with Crippen LogP contribution >= 0.6 is 0 Å². The van der Waals surface area contributed by atoms with E-state index in [1.807, 2.05) is 18.2 Å². The van der Waals surface area contributed by atoms with Gasteiger partial charge in [0, 0.05) is 17.5 Å². The van der Waals surface area contributed by atoms with Crippen LogP contribution in [-0.4, -0.2) is 27.3 Å². The van der Waals surface area contributed by atoms with Crippen LogP contribution in [0.5, 0.6) is 0 Å². The zero-order valence-electron chi connectivity index (χ0n) is 13.3. The highest BCUT2D eigenvalue weighted by molar-refractivity contribution is 6.06. The van der Waals surface area contributed by atoms with E-state index in [-0.39, 0.29) is 11.5 Å². The van der Waals surface area contributed by atoms with Gasteiger partial charge in [0.15, 0.2) is 0 Å². The number of aromatic nitrogens is 2. The molecule has 0 saturated carbocycles. The summed E-state index contributed by atoms with van der Waals surface area (Å²) < 4.78 is 5.53. The molecule has 4 rings (SSSR count). The third-order valence-electron chi connectivity index (χ3n) is 4.57. The minimum atomic E-state index is -0.117. The summed E-state index contributed by atoms with van der Waals surface area (Å²) in [7, 11) is 0. The Morgan fingerprint density at radius 3 is 3.12 bits per heavy atom. The maximum atomic E-state index is 12.9. The van der Waals surface area contributed by atoms with Crippen molar-refractivity contribution in [3.05, 3.63) is 63.5 Å². The van der Waals surface area contributed by atoms with Crippen molar-refractivity contribution >= 4 is 16.9 Å². The van der Waals surface area contributed by atoms with E-state index in [9.17, 15) is 9.59 Å². The van der Waals surface area contributed by atoms with Crippen LogP contribution in [0.15, 0.2) is 40.0 Å². The third kappa shape index (κ3) is 2.31. The summed E-state index contributed by atoms with van der Waals surface area (Å²) in [4.78, 5) is 33.2. The Kier molecular flexibility index (Phi) is 3.45. The van der Waals surface area contributed by atoms with Crippen molar-refractivity contribution in [2.75, 3.05) is 6.54 Å². The molecule has 1 aliphatic heterocycles. The molecular formula is C18H17N3O3. The summed E-state index contributed by atoms with van der Waals surface area (Å²) in [5, 5.41) is 0.837. The molecule has 1 N–H and O–H groups in total. The highest BCUT2D eigenvalue weighted by Gasteiger charge is 2.26. The van der Waals surface area contributed by atoms with Crippen molar-refractivity contribution in [1.82, 2.24) is 14.9 Å². The molecule has 3 heterocycles. The van der Waals surface area contributed by atoms with Crippen LogP contribution in [0.3, 0.4) is 0 Å². The van der Waals surface area contributed by atoms with Crippen molar-refractivity contribution in [1.29, 1.82) is 0 Å². The van der Waals surface area contributed by atoms with Crippen LogP contribution in [0.1, 0.15) is 34.1 Å². The minimum Gasteiger partial charge on any atom is -0.463 e. The lowest BCUT2D eigenvalue weighted by Gasteiger charge is -2.27. The molecule has 0 aliphatic carbocycles. The molecule has 0 atom stereocenters. The molecule has 3 aromatic rings. The van der Waals surface area contributed by atoms with Crippen LogP contribution in [0, 0.1) is 0 Å². The van der Waals surface area contributed by atoms with Gasteiger partial charge in [0.2, 0.25) is 0 Å². The van der Waals surface area contributed by atoms with E-state index in [2.05, 4.69) is 16.9 Å². The summed E-state index contributed by atoms with van der Waals surface area (Å²) in [5.74, 6) is -0.0882. The molecule has 0 radical (unpaired) electrons. The molecule has 0 saturated heterocycles. The fourth-order valence-electron chi connectivity index (χ4n) is 3.17. The van der Waals surface area contributed by atoms with Crippen LogP contribution in [0.25, 0.3) is 11.0 Å². The number of amides is 1. The lowest BCUT2D eigenvalue weighted by atomic mass is 10.0. The largest absolute Gasteiger partial charge is 0.463 e. The lowest BCUT2D eigenvalue weighted by Crippen LogP contribution is -2.38. The Morgan fingerprint density at radius 1 is 1.42 bits per heavy atom. The van der Waals surface area contributed by atoms with Crippen molar-refractivity contribution in [3.8, 4) is 0 Å². The molecular weight excluding hydrogens is 306 g/mol. The van der Waals surface area contributed by atoms with Gasteiger partial charge in [-0.3, -0.25) is 9.59 Å². The quantitative estimate of drug-likeness (QED) is 0.784. The third-order valence-corrected chi connectivity index (χ3v) is 4.57. The average molecular weight is 323 g/mol. The smallest absolute Gasteiger partial charge is 0.258 e. The van der Waals surface area contributed by atoms with E-state index in [0.717, 1.165) is 17.4 Å². The predicted molar refractivity (Wildman–Crippen MR) is 88.9 cm³/mol.